The Morgan fingerprint density at radius 3 is 2.62 bits per heavy atom. The maximum Gasteiger partial charge on any atom is 0.433 e. The number of aromatic nitrogens is 2. The van der Waals surface area contributed by atoms with Gasteiger partial charge < -0.3 is 4.74 Å². The van der Waals surface area contributed by atoms with Gasteiger partial charge in [0.25, 0.3) is 0 Å². The van der Waals surface area contributed by atoms with Crippen molar-refractivity contribution in [3.63, 3.8) is 0 Å². The molecule has 0 aliphatic rings. The van der Waals surface area contributed by atoms with Crippen molar-refractivity contribution < 1.29 is 22.7 Å². The number of hydrogen-bond donors (Lipinski definition) is 0. The van der Waals surface area contributed by atoms with E-state index in [1.54, 1.807) is 24.3 Å². The third kappa shape index (κ3) is 3.36. The topological polar surface area (TPSA) is 44.1 Å². The van der Waals surface area contributed by atoms with Crippen molar-refractivity contribution in [2.75, 3.05) is 7.11 Å². The van der Waals surface area contributed by atoms with E-state index in [1.807, 2.05) is 0 Å². The average molecular weight is 319 g/mol. The zero-order chi connectivity index (χ0) is 15.6. The number of ether oxygens (including phenoxy) is 1. The number of esters is 1. The van der Waals surface area contributed by atoms with Crippen LogP contribution in [0.15, 0.2) is 30.3 Å². The van der Waals surface area contributed by atoms with Gasteiger partial charge in [-0.1, -0.05) is 29.8 Å². The van der Waals surface area contributed by atoms with Crippen LogP contribution in [-0.2, 0) is 17.5 Å². The normalized spacial score (nSPS) is 11.5. The second-order valence-corrected chi connectivity index (χ2v) is 4.56. The number of carbonyl (C=O) groups is 1. The molecule has 1 aromatic heterocycles. The van der Waals surface area contributed by atoms with Crippen LogP contribution in [0.1, 0.15) is 21.7 Å². The van der Waals surface area contributed by atoms with Gasteiger partial charge in [0.15, 0.2) is 5.69 Å². The van der Waals surface area contributed by atoms with Crippen molar-refractivity contribution in [3.05, 3.63) is 52.3 Å². The minimum absolute atomic E-state index is 0.203. The summed E-state index contributed by atoms with van der Waals surface area (Å²) in [6, 6.07) is 7.12. The molecule has 2 rings (SSSR count). The van der Waals surface area contributed by atoms with Crippen molar-refractivity contribution in [2.45, 2.75) is 12.7 Å². The molecular formula is C13H10ClF3N2O2. The standard InChI is InChI=1S/C13H10ClF3N2O2/c1-21-12(20)10-6-11(13(15,16)17)19(18-10)7-8-4-2-3-5-9(8)14/h2-6H,7H2,1H3. The zero-order valence-electron chi connectivity index (χ0n) is 10.8. The molecule has 21 heavy (non-hydrogen) atoms. The minimum Gasteiger partial charge on any atom is -0.464 e. The smallest absolute Gasteiger partial charge is 0.433 e. The molecule has 8 heteroatoms. The van der Waals surface area contributed by atoms with Crippen LogP contribution in [0.5, 0.6) is 0 Å². The lowest BCUT2D eigenvalue weighted by Crippen LogP contribution is -2.15. The largest absolute Gasteiger partial charge is 0.464 e. The van der Waals surface area contributed by atoms with Crippen LogP contribution in [0.25, 0.3) is 0 Å². The van der Waals surface area contributed by atoms with Gasteiger partial charge in [0.1, 0.15) is 5.69 Å². The Hall–Kier alpha value is -2.02. The van der Waals surface area contributed by atoms with Crippen molar-refractivity contribution in [1.29, 1.82) is 0 Å². The van der Waals surface area contributed by atoms with Crippen LogP contribution in [-0.4, -0.2) is 22.9 Å². The molecule has 0 radical (unpaired) electrons. The van der Waals surface area contributed by atoms with Crippen LogP contribution in [0.2, 0.25) is 5.02 Å². The first-order valence-corrected chi connectivity index (χ1v) is 6.17. The van der Waals surface area contributed by atoms with Gasteiger partial charge in [0.2, 0.25) is 0 Å². The Kier molecular flexibility index (Phi) is 4.22. The molecule has 1 aromatic carbocycles. The molecule has 0 fully saturated rings. The fourth-order valence-corrected chi connectivity index (χ4v) is 1.95. The summed E-state index contributed by atoms with van der Waals surface area (Å²) in [6.45, 7) is -0.203. The molecule has 2 aromatic rings. The number of hydrogen-bond acceptors (Lipinski definition) is 3. The summed E-state index contributed by atoms with van der Waals surface area (Å²) < 4.78 is 44.0. The molecule has 112 valence electrons. The van der Waals surface area contributed by atoms with E-state index in [-0.39, 0.29) is 6.54 Å². The molecule has 4 nitrogen and oxygen atoms in total. The molecular weight excluding hydrogens is 309 g/mol. The summed E-state index contributed by atoms with van der Waals surface area (Å²) in [5, 5.41) is 3.97. The summed E-state index contributed by atoms with van der Waals surface area (Å²) in [7, 11) is 1.07. The fraction of sp³-hybridized carbons (Fsp3) is 0.231. The molecule has 0 bridgehead atoms. The predicted molar refractivity (Wildman–Crippen MR) is 69.1 cm³/mol. The summed E-state index contributed by atoms with van der Waals surface area (Å²) in [5.74, 6) is -0.932. The van der Waals surface area contributed by atoms with Gasteiger partial charge in [-0.2, -0.15) is 18.3 Å². The highest BCUT2D eigenvalue weighted by Crippen LogP contribution is 2.31. The maximum atomic E-state index is 13.0. The highest BCUT2D eigenvalue weighted by atomic mass is 35.5. The van der Waals surface area contributed by atoms with E-state index >= 15 is 0 Å². The van der Waals surface area contributed by atoms with E-state index in [1.165, 1.54) is 0 Å². The number of benzene rings is 1. The second kappa shape index (κ2) is 5.77. The summed E-state index contributed by atoms with van der Waals surface area (Å²) in [6.07, 6.45) is -4.64. The number of methoxy groups -OCH3 is 1. The SMILES string of the molecule is COC(=O)c1cc(C(F)(F)F)n(Cc2ccccc2Cl)n1. The number of alkyl halides is 3. The monoisotopic (exact) mass is 318 g/mol. The molecule has 0 amide bonds. The van der Waals surface area contributed by atoms with Crippen LogP contribution in [0.4, 0.5) is 13.2 Å². The highest BCUT2D eigenvalue weighted by molar-refractivity contribution is 6.31. The van der Waals surface area contributed by atoms with Gasteiger partial charge in [-0.3, -0.25) is 4.68 Å². The first-order valence-electron chi connectivity index (χ1n) is 5.79. The number of halogens is 4. The third-order valence-corrected chi connectivity index (χ3v) is 3.11. The lowest BCUT2D eigenvalue weighted by molar-refractivity contribution is -0.144. The fourth-order valence-electron chi connectivity index (χ4n) is 1.76. The Morgan fingerprint density at radius 2 is 2.05 bits per heavy atom. The van der Waals surface area contributed by atoms with Crippen molar-refractivity contribution in [2.24, 2.45) is 0 Å². The molecule has 0 saturated heterocycles. The van der Waals surface area contributed by atoms with Crippen molar-refractivity contribution >= 4 is 17.6 Å². The first kappa shape index (κ1) is 15.4. The van der Waals surface area contributed by atoms with E-state index < -0.39 is 23.5 Å². The maximum absolute atomic E-state index is 13.0. The Labute approximate surface area is 123 Å². The molecule has 0 unspecified atom stereocenters. The summed E-state index contributed by atoms with van der Waals surface area (Å²) in [5.41, 5.74) is -0.983. The quantitative estimate of drug-likeness (QED) is 0.815. The van der Waals surface area contributed by atoms with Crippen LogP contribution in [0, 0.1) is 0 Å². The summed E-state index contributed by atoms with van der Waals surface area (Å²) >= 11 is 5.92. The van der Waals surface area contributed by atoms with E-state index in [2.05, 4.69) is 9.84 Å². The Balaban J connectivity index is 2.44. The Bertz CT molecular complexity index is 668. The van der Waals surface area contributed by atoms with Gasteiger partial charge >= 0.3 is 12.1 Å². The van der Waals surface area contributed by atoms with Gasteiger partial charge in [-0.25, -0.2) is 4.79 Å². The van der Waals surface area contributed by atoms with Gasteiger partial charge in [-0.05, 0) is 11.6 Å². The van der Waals surface area contributed by atoms with E-state index in [0.717, 1.165) is 7.11 Å². The minimum atomic E-state index is -4.64. The molecule has 0 aliphatic carbocycles. The molecule has 1 heterocycles. The average Bonchev–Trinajstić information content (AvgIpc) is 2.84. The zero-order valence-corrected chi connectivity index (χ0v) is 11.6. The molecule has 0 spiro atoms. The number of nitrogens with zero attached hydrogens (tertiary/aromatic N) is 2. The molecule has 0 N–H and O–H groups in total. The van der Waals surface area contributed by atoms with Gasteiger partial charge in [-0.15, -0.1) is 0 Å². The van der Waals surface area contributed by atoms with E-state index in [0.29, 0.717) is 21.3 Å². The molecule has 0 aliphatic heterocycles. The van der Waals surface area contributed by atoms with Crippen LogP contribution in [0.3, 0.4) is 0 Å². The van der Waals surface area contributed by atoms with Crippen LogP contribution < -0.4 is 0 Å². The van der Waals surface area contributed by atoms with Crippen LogP contribution >= 0.6 is 11.6 Å². The van der Waals surface area contributed by atoms with Crippen molar-refractivity contribution in [1.82, 2.24) is 9.78 Å². The highest BCUT2D eigenvalue weighted by Gasteiger charge is 2.36. The lowest BCUT2D eigenvalue weighted by Gasteiger charge is -2.10. The number of carbonyl (C=O) groups excluding carboxylic acids is 1. The summed E-state index contributed by atoms with van der Waals surface area (Å²) in [4.78, 5) is 11.3. The Morgan fingerprint density at radius 1 is 1.38 bits per heavy atom. The van der Waals surface area contributed by atoms with Gasteiger partial charge in [0, 0.05) is 11.1 Å². The predicted octanol–water partition coefficient (Wildman–Crippen LogP) is 3.39. The van der Waals surface area contributed by atoms with E-state index in [9.17, 15) is 18.0 Å². The lowest BCUT2D eigenvalue weighted by atomic mass is 10.2. The molecule has 0 saturated carbocycles. The number of rotatable bonds is 3. The first-order chi connectivity index (χ1) is 9.82. The molecule has 0 atom stereocenters. The third-order valence-electron chi connectivity index (χ3n) is 2.74. The van der Waals surface area contributed by atoms with Gasteiger partial charge in [0.05, 0.1) is 13.7 Å². The second-order valence-electron chi connectivity index (χ2n) is 4.15. The van der Waals surface area contributed by atoms with E-state index in [4.69, 9.17) is 11.6 Å². The van der Waals surface area contributed by atoms with Crippen molar-refractivity contribution in [3.8, 4) is 0 Å².